The number of hydrogen-bond acceptors (Lipinski definition) is 7. The minimum Gasteiger partial charge on any atom is -0.462 e. The van der Waals surface area contributed by atoms with Gasteiger partial charge in [0.2, 0.25) is 5.82 Å². The van der Waals surface area contributed by atoms with Crippen LogP contribution < -0.4 is 5.32 Å². The molecule has 0 aliphatic carbocycles. The van der Waals surface area contributed by atoms with Gasteiger partial charge >= 0.3 is 5.97 Å². The Morgan fingerprint density at radius 1 is 1.10 bits per heavy atom. The fourth-order valence-electron chi connectivity index (χ4n) is 3.21. The van der Waals surface area contributed by atoms with E-state index in [0.29, 0.717) is 29.3 Å². The molecule has 0 atom stereocenters. The van der Waals surface area contributed by atoms with Crippen LogP contribution in [-0.4, -0.2) is 47.8 Å². The molecule has 0 radical (unpaired) electrons. The summed E-state index contributed by atoms with van der Waals surface area (Å²) in [5.41, 5.74) is 4.05. The minimum atomic E-state index is -0.435. The van der Waals surface area contributed by atoms with Crippen molar-refractivity contribution >= 4 is 23.3 Å². The van der Waals surface area contributed by atoms with Crippen LogP contribution in [0.1, 0.15) is 45.0 Å². The Hall–Kier alpha value is -4.08. The standard InChI is InChI=1S/C21H21N7O3/c1-5-31-20(30)17-11-22-28(14(17)4)16-8-6-15(7-9-16)24-19(29)18-25-21-23-12(2)10-13(3)27(21)26-18/h6-11H,5H2,1-4H3,(H,24,29). The number of anilines is 1. The molecule has 4 aromatic rings. The highest BCUT2D eigenvalue weighted by molar-refractivity contribution is 6.01. The summed E-state index contributed by atoms with van der Waals surface area (Å²) in [5.74, 6) is -0.429. The summed E-state index contributed by atoms with van der Waals surface area (Å²) in [6.07, 6.45) is 1.48. The lowest BCUT2D eigenvalue weighted by Gasteiger charge is -2.07. The number of esters is 1. The van der Waals surface area contributed by atoms with Crippen LogP contribution in [0.2, 0.25) is 0 Å². The van der Waals surface area contributed by atoms with Crippen LogP contribution in [0, 0.1) is 20.8 Å². The number of amides is 1. The summed E-state index contributed by atoms with van der Waals surface area (Å²) in [7, 11) is 0. The van der Waals surface area contributed by atoms with Gasteiger partial charge in [-0.1, -0.05) is 0 Å². The lowest BCUT2D eigenvalue weighted by Crippen LogP contribution is -2.14. The van der Waals surface area contributed by atoms with Gasteiger partial charge in [-0.05, 0) is 58.0 Å². The number of hydrogen-bond donors (Lipinski definition) is 1. The van der Waals surface area contributed by atoms with Crippen molar-refractivity contribution < 1.29 is 14.3 Å². The zero-order chi connectivity index (χ0) is 22.1. The van der Waals surface area contributed by atoms with Crippen molar-refractivity contribution in [3.63, 3.8) is 0 Å². The Labute approximate surface area is 177 Å². The molecule has 4 rings (SSSR count). The van der Waals surface area contributed by atoms with Crippen LogP contribution in [-0.2, 0) is 4.74 Å². The first-order chi connectivity index (χ1) is 14.9. The van der Waals surface area contributed by atoms with E-state index < -0.39 is 11.9 Å². The molecule has 0 aliphatic heterocycles. The zero-order valence-corrected chi connectivity index (χ0v) is 17.6. The second kappa shape index (κ2) is 7.98. The van der Waals surface area contributed by atoms with Crippen LogP contribution in [0.4, 0.5) is 5.69 Å². The van der Waals surface area contributed by atoms with Crippen molar-refractivity contribution in [1.82, 2.24) is 29.4 Å². The monoisotopic (exact) mass is 419 g/mol. The molecule has 0 fully saturated rings. The number of nitrogens with zero attached hydrogens (tertiary/aromatic N) is 6. The van der Waals surface area contributed by atoms with Crippen LogP contribution in [0.15, 0.2) is 36.5 Å². The molecular weight excluding hydrogens is 398 g/mol. The molecule has 3 heterocycles. The molecule has 10 nitrogen and oxygen atoms in total. The molecule has 0 unspecified atom stereocenters. The van der Waals surface area contributed by atoms with E-state index in [0.717, 1.165) is 17.1 Å². The number of benzene rings is 1. The summed E-state index contributed by atoms with van der Waals surface area (Å²) in [5, 5.41) is 11.3. The molecule has 0 spiro atoms. The third kappa shape index (κ3) is 3.87. The summed E-state index contributed by atoms with van der Waals surface area (Å²) in [4.78, 5) is 33.1. The van der Waals surface area contributed by atoms with Crippen molar-refractivity contribution in [2.24, 2.45) is 0 Å². The Morgan fingerprint density at radius 3 is 2.55 bits per heavy atom. The molecule has 0 aliphatic rings. The van der Waals surface area contributed by atoms with E-state index in [9.17, 15) is 9.59 Å². The molecule has 1 amide bonds. The van der Waals surface area contributed by atoms with Crippen molar-refractivity contribution in [2.45, 2.75) is 27.7 Å². The number of aromatic nitrogens is 6. The predicted molar refractivity (Wildman–Crippen MR) is 112 cm³/mol. The van der Waals surface area contributed by atoms with Crippen molar-refractivity contribution in [3.8, 4) is 5.69 Å². The lowest BCUT2D eigenvalue weighted by atomic mass is 10.2. The zero-order valence-electron chi connectivity index (χ0n) is 17.6. The second-order valence-corrected chi connectivity index (χ2v) is 6.96. The molecule has 0 bridgehead atoms. The van der Waals surface area contributed by atoms with Gasteiger partial charge in [0.1, 0.15) is 5.56 Å². The quantitative estimate of drug-likeness (QED) is 0.494. The topological polar surface area (TPSA) is 116 Å². The fraction of sp³-hybridized carbons (Fsp3) is 0.238. The lowest BCUT2D eigenvalue weighted by molar-refractivity contribution is 0.0525. The van der Waals surface area contributed by atoms with Crippen LogP contribution in [0.5, 0.6) is 0 Å². The van der Waals surface area contributed by atoms with Gasteiger partial charge in [0, 0.05) is 17.1 Å². The first kappa shape index (κ1) is 20.2. The van der Waals surface area contributed by atoms with E-state index >= 15 is 0 Å². The van der Waals surface area contributed by atoms with E-state index in [-0.39, 0.29) is 5.82 Å². The van der Waals surface area contributed by atoms with Gasteiger partial charge in [-0.3, -0.25) is 4.79 Å². The number of nitrogens with one attached hydrogen (secondary N) is 1. The van der Waals surface area contributed by atoms with Gasteiger partial charge in [0.15, 0.2) is 0 Å². The van der Waals surface area contributed by atoms with Gasteiger partial charge in [0.25, 0.3) is 11.7 Å². The van der Waals surface area contributed by atoms with Crippen molar-refractivity contribution in [1.29, 1.82) is 0 Å². The molecular formula is C21H21N7O3. The van der Waals surface area contributed by atoms with E-state index in [4.69, 9.17) is 4.74 Å². The Kier molecular flexibility index (Phi) is 5.20. The van der Waals surface area contributed by atoms with Crippen LogP contribution >= 0.6 is 0 Å². The third-order valence-electron chi connectivity index (χ3n) is 4.70. The second-order valence-electron chi connectivity index (χ2n) is 6.96. The highest BCUT2D eigenvalue weighted by Gasteiger charge is 2.17. The van der Waals surface area contributed by atoms with Crippen molar-refractivity contribution in [3.05, 3.63) is 65.0 Å². The fourth-order valence-corrected chi connectivity index (χ4v) is 3.21. The van der Waals surface area contributed by atoms with E-state index in [1.165, 1.54) is 10.7 Å². The smallest absolute Gasteiger partial charge is 0.341 e. The summed E-state index contributed by atoms with van der Waals surface area (Å²) in [6.45, 7) is 7.59. The van der Waals surface area contributed by atoms with Gasteiger partial charge in [-0.25, -0.2) is 19.0 Å². The molecule has 31 heavy (non-hydrogen) atoms. The summed E-state index contributed by atoms with van der Waals surface area (Å²) in [6, 6.07) is 8.92. The predicted octanol–water partition coefficient (Wildman–Crippen LogP) is 2.66. The van der Waals surface area contributed by atoms with Crippen molar-refractivity contribution in [2.75, 3.05) is 11.9 Å². The van der Waals surface area contributed by atoms with Gasteiger partial charge in [-0.15, -0.1) is 5.10 Å². The number of carbonyl (C=O) groups excluding carboxylic acids is 2. The Balaban J connectivity index is 1.52. The summed E-state index contributed by atoms with van der Waals surface area (Å²) < 4.78 is 8.21. The molecule has 3 aromatic heterocycles. The largest absolute Gasteiger partial charge is 0.462 e. The molecule has 1 aromatic carbocycles. The maximum absolute atomic E-state index is 12.6. The number of fused-ring (bicyclic) bond motifs is 1. The van der Waals surface area contributed by atoms with E-state index in [2.05, 4.69) is 25.5 Å². The maximum Gasteiger partial charge on any atom is 0.341 e. The molecule has 1 N–H and O–H groups in total. The number of ether oxygens (including phenoxy) is 1. The van der Waals surface area contributed by atoms with E-state index in [1.54, 1.807) is 42.8 Å². The molecule has 10 heteroatoms. The number of carbonyl (C=O) groups is 2. The molecule has 158 valence electrons. The highest BCUT2D eigenvalue weighted by Crippen LogP contribution is 2.18. The normalized spacial score (nSPS) is 11.0. The van der Waals surface area contributed by atoms with Crippen LogP contribution in [0.3, 0.4) is 0 Å². The Morgan fingerprint density at radius 2 is 1.84 bits per heavy atom. The minimum absolute atomic E-state index is 0.0345. The summed E-state index contributed by atoms with van der Waals surface area (Å²) >= 11 is 0. The van der Waals surface area contributed by atoms with Gasteiger partial charge in [-0.2, -0.15) is 10.1 Å². The highest BCUT2D eigenvalue weighted by atomic mass is 16.5. The third-order valence-corrected chi connectivity index (χ3v) is 4.70. The first-order valence-electron chi connectivity index (χ1n) is 9.72. The molecule has 0 saturated carbocycles. The first-order valence-corrected chi connectivity index (χ1v) is 9.72. The number of rotatable bonds is 5. The maximum atomic E-state index is 12.6. The number of aryl methyl sites for hydroxylation is 2. The van der Waals surface area contributed by atoms with E-state index in [1.807, 2.05) is 19.9 Å². The average Bonchev–Trinajstić information content (AvgIpc) is 3.33. The van der Waals surface area contributed by atoms with Crippen LogP contribution in [0.25, 0.3) is 11.5 Å². The SMILES string of the molecule is CCOC(=O)c1cnn(-c2ccc(NC(=O)c3nc4nc(C)cc(C)n4n3)cc2)c1C. The molecule has 0 saturated heterocycles. The average molecular weight is 419 g/mol. The Bertz CT molecular complexity index is 1290. The van der Waals surface area contributed by atoms with Gasteiger partial charge < -0.3 is 10.1 Å². The van der Waals surface area contributed by atoms with Gasteiger partial charge in [0.05, 0.1) is 24.2 Å².